The van der Waals surface area contributed by atoms with Crippen LogP contribution in [-0.2, 0) is 10.0 Å². The lowest BCUT2D eigenvalue weighted by molar-refractivity contribution is 0.0955. The number of ether oxygens (including phenoxy) is 2. The minimum atomic E-state index is -3.64. The average molecular weight is 417 g/mol. The molecule has 1 amide bonds. The minimum Gasteiger partial charge on any atom is -0.486 e. The standard InChI is InChI=1S/C20H23N3O5S/c1-3-23(4-2)29(25,26)17-7-5-6-16(13-17)20(24)22-21-14-15-8-9-18-19(12-15)28-11-10-27-18/h5-9,12-14H,3-4,10-11H2,1-2H3,(H,22,24). The fourth-order valence-electron chi connectivity index (χ4n) is 2.88. The number of carbonyl (C=O) groups is 1. The van der Waals surface area contributed by atoms with Gasteiger partial charge in [-0.1, -0.05) is 19.9 Å². The SMILES string of the molecule is CCN(CC)S(=O)(=O)c1cccc(C(=O)NN=Cc2ccc3c(c2)OCCO3)c1. The molecule has 1 heterocycles. The molecule has 3 rings (SSSR count). The monoisotopic (exact) mass is 417 g/mol. The number of rotatable bonds is 7. The number of fused-ring (bicyclic) bond motifs is 1. The summed E-state index contributed by atoms with van der Waals surface area (Å²) < 4.78 is 37.6. The first-order chi connectivity index (χ1) is 14.0. The summed E-state index contributed by atoms with van der Waals surface area (Å²) in [5.41, 5.74) is 3.35. The van der Waals surface area contributed by atoms with Crippen molar-refractivity contribution in [2.45, 2.75) is 18.7 Å². The van der Waals surface area contributed by atoms with Gasteiger partial charge in [0, 0.05) is 18.7 Å². The molecule has 0 saturated heterocycles. The second kappa shape index (κ2) is 9.06. The summed E-state index contributed by atoms with van der Waals surface area (Å²) in [6.45, 7) is 5.25. The lowest BCUT2D eigenvalue weighted by Gasteiger charge is -2.18. The molecule has 0 spiro atoms. The Balaban J connectivity index is 1.71. The molecule has 2 aromatic carbocycles. The van der Waals surface area contributed by atoms with Crippen molar-refractivity contribution in [2.75, 3.05) is 26.3 Å². The van der Waals surface area contributed by atoms with Crippen molar-refractivity contribution in [3.05, 3.63) is 53.6 Å². The number of carbonyl (C=O) groups excluding carboxylic acids is 1. The molecule has 0 unspecified atom stereocenters. The Kier molecular flexibility index (Phi) is 6.50. The Morgan fingerprint density at radius 1 is 1.10 bits per heavy atom. The van der Waals surface area contributed by atoms with Crippen LogP contribution in [0.1, 0.15) is 29.8 Å². The average Bonchev–Trinajstić information content (AvgIpc) is 2.74. The van der Waals surface area contributed by atoms with E-state index in [2.05, 4.69) is 10.5 Å². The van der Waals surface area contributed by atoms with Gasteiger partial charge in [-0.25, -0.2) is 13.8 Å². The zero-order valence-corrected chi connectivity index (χ0v) is 17.1. The molecule has 0 radical (unpaired) electrons. The first-order valence-electron chi connectivity index (χ1n) is 9.29. The third-order valence-corrected chi connectivity index (χ3v) is 6.43. The number of hydrogen-bond acceptors (Lipinski definition) is 6. The first-order valence-corrected chi connectivity index (χ1v) is 10.7. The number of sulfonamides is 1. The van der Waals surface area contributed by atoms with Crippen molar-refractivity contribution in [1.29, 1.82) is 0 Å². The van der Waals surface area contributed by atoms with Crippen LogP contribution in [0.15, 0.2) is 52.5 Å². The van der Waals surface area contributed by atoms with Gasteiger partial charge < -0.3 is 9.47 Å². The van der Waals surface area contributed by atoms with E-state index in [0.717, 1.165) is 5.56 Å². The van der Waals surface area contributed by atoms with E-state index in [1.54, 1.807) is 32.0 Å². The van der Waals surface area contributed by atoms with Crippen LogP contribution < -0.4 is 14.9 Å². The largest absolute Gasteiger partial charge is 0.486 e. The fourth-order valence-corrected chi connectivity index (χ4v) is 4.39. The number of nitrogens with one attached hydrogen (secondary N) is 1. The quantitative estimate of drug-likeness (QED) is 0.551. The maximum Gasteiger partial charge on any atom is 0.271 e. The highest BCUT2D eigenvalue weighted by Gasteiger charge is 2.22. The molecular weight excluding hydrogens is 394 g/mol. The Labute approximate surface area is 170 Å². The molecule has 0 atom stereocenters. The van der Waals surface area contributed by atoms with Crippen LogP contribution in [0.2, 0.25) is 0 Å². The normalized spacial score (nSPS) is 13.6. The molecule has 9 heteroatoms. The lowest BCUT2D eigenvalue weighted by atomic mass is 10.2. The number of nitrogens with zero attached hydrogens (tertiary/aromatic N) is 2. The highest BCUT2D eigenvalue weighted by atomic mass is 32.2. The zero-order chi connectivity index (χ0) is 20.9. The van der Waals surface area contributed by atoms with Crippen molar-refractivity contribution in [1.82, 2.24) is 9.73 Å². The van der Waals surface area contributed by atoms with Crippen molar-refractivity contribution in [3.8, 4) is 11.5 Å². The van der Waals surface area contributed by atoms with Crippen molar-refractivity contribution in [3.63, 3.8) is 0 Å². The van der Waals surface area contributed by atoms with Gasteiger partial charge >= 0.3 is 0 Å². The molecule has 0 aromatic heterocycles. The number of benzene rings is 2. The predicted octanol–water partition coefficient (Wildman–Crippen LogP) is 2.25. The van der Waals surface area contributed by atoms with Crippen LogP contribution in [0.5, 0.6) is 11.5 Å². The van der Waals surface area contributed by atoms with Gasteiger partial charge in [0.25, 0.3) is 5.91 Å². The van der Waals surface area contributed by atoms with Crippen molar-refractivity contribution in [2.24, 2.45) is 5.10 Å². The predicted molar refractivity (Wildman–Crippen MR) is 109 cm³/mol. The van der Waals surface area contributed by atoms with E-state index in [1.807, 2.05) is 0 Å². The molecule has 1 N–H and O–H groups in total. The van der Waals surface area contributed by atoms with E-state index in [4.69, 9.17) is 9.47 Å². The van der Waals surface area contributed by atoms with Gasteiger partial charge in [0.05, 0.1) is 11.1 Å². The summed E-state index contributed by atoms with van der Waals surface area (Å²) in [4.78, 5) is 12.5. The second-order valence-corrected chi connectivity index (χ2v) is 8.16. The van der Waals surface area contributed by atoms with Gasteiger partial charge in [-0.2, -0.15) is 9.41 Å². The summed E-state index contributed by atoms with van der Waals surface area (Å²) in [5.74, 6) is 0.792. The molecule has 0 bridgehead atoms. The summed E-state index contributed by atoms with van der Waals surface area (Å²) in [5, 5.41) is 3.95. The van der Waals surface area contributed by atoms with E-state index >= 15 is 0 Å². The fraction of sp³-hybridized carbons (Fsp3) is 0.300. The Morgan fingerprint density at radius 2 is 1.83 bits per heavy atom. The molecule has 0 aliphatic carbocycles. The van der Waals surface area contributed by atoms with E-state index in [1.165, 1.54) is 34.8 Å². The Morgan fingerprint density at radius 3 is 2.55 bits per heavy atom. The van der Waals surface area contributed by atoms with Crippen LogP contribution in [-0.4, -0.2) is 51.1 Å². The van der Waals surface area contributed by atoms with Crippen molar-refractivity contribution < 1.29 is 22.7 Å². The molecule has 0 saturated carbocycles. The van der Waals surface area contributed by atoms with Gasteiger partial charge in [-0.05, 0) is 42.0 Å². The maximum atomic E-state index is 12.6. The van der Waals surface area contributed by atoms with Crippen LogP contribution in [0.4, 0.5) is 0 Å². The third kappa shape index (κ3) is 4.75. The lowest BCUT2D eigenvalue weighted by Crippen LogP contribution is -2.30. The zero-order valence-electron chi connectivity index (χ0n) is 16.3. The van der Waals surface area contributed by atoms with Gasteiger partial charge in [0.15, 0.2) is 11.5 Å². The molecule has 1 aliphatic rings. The number of amides is 1. The summed E-state index contributed by atoms with van der Waals surface area (Å²) in [6, 6.07) is 11.2. The van der Waals surface area contributed by atoms with E-state index in [9.17, 15) is 13.2 Å². The van der Waals surface area contributed by atoms with Gasteiger partial charge in [0.2, 0.25) is 10.0 Å². The van der Waals surface area contributed by atoms with Crippen LogP contribution in [0.3, 0.4) is 0 Å². The minimum absolute atomic E-state index is 0.0738. The topological polar surface area (TPSA) is 97.3 Å². The van der Waals surface area contributed by atoms with Crippen molar-refractivity contribution >= 4 is 22.1 Å². The molecule has 29 heavy (non-hydrogen) atoms. The summed E-state index contributed by atoms with van der Waals surface area (Å²) >= 11 is 0. The second-order valence-electron chi connectivity index (χ2n) is 6.22. The van der Waals surface area contributed by atoms with Crippen LogP contribution >= 0.6 is 0 Å². The van der Waals surface area contributed by atoms with E-state index < -0.39 is 15.9 Å². The third-order valence-electron chi connectivity index (χ3n) is 4.39. The van der Waals surface area contributed by atoms with E-state index in [-0.39, 0.29) is 10.5 Å². The smallest absolute Gasteiger partial charge is 0.271 e. The summed E-state index contributed by atoms with van der Waals surface area (Å²) in [6.07, 6.45) is 1.48. The maximum absolute atomic E-state index is 12.6. The molecule has 154 valence electrons. The highest BCUT2D eigenvalue weighted by molar-refractivity contribution is 7.89. The number of hydrazone groups is 1. The van der Waals surface area contributed by atoms with Gasteiger partial charge in [0.1, 0.15) is 13.2 Å². The Bertz CT molecular complexity index is 1020. The molecule has 8 nitrogen and oxygen atoms in total. The molecule has 1 aliphatic heterocycles. The van der Waals surface area contributed by atoms with Crippen LogP contribution in [0.25, 0.3) is 0 Å². The Hall–Kier alpha value is -2.91. The number of hydrogen-bond donors (Lipinski definition) is 1. The first kappa shape index (κ1) is 20.8. The summed E-state index contributed by atoms with van der Waals surface area (Å²) in [7, 11) is -3.64. The van der Waals surface area contributed by atoms with Crippen LogP contribution in [0, 0.1) is 0 Å². The molecule has 0 fully saturated rings. The highest BCUT2D eigenvalue weighted by Crippen LogP contribution is 2.30. The van der Waals surface area contributed by atoms with E-state index in [0.29, 0.717) is 37.8 Å². The molecule has 2 aromatic rings. The molecular formula is C20H23N3O5S. The van der Waals surface area contributed by atoms with Gasteiger partial charge in [-0.15, -0.1) is 0 Å². The van der Waals surface area contributed by atoms with Gasteiger partial charge in [-0.3, -0.25) is 4.79 Å².